The van der Waals surface area contributed by atoms with Crippen LogP contribution >= 0.6 is 0 Å². The highest BCUT2D eigenvalue weighted by molar-refractivity contribution is 5.99. The Balaban J connectivity index is 1.48. The molecule has 0 spiro atoms. The number of Topliss-reactive ketones (excluding diaryl/α,β-unsaturated/α-hetero) is 1. The van der Waals surface area contributed by atoms with E-state index in [1.54, 1.807) is 31.2 Å². The topological polar surface area (TPSA) is 95.7 Å². The summed E-state index contributed by atoms with van der Waals surface area (Å²) < 4.78 is 5.27. The molecule has 1 aliphatic rings. The number of hydrogen-bond donors (Lipinski definition) is 2. The third kappa shape index (κ3) is 3.90. The molecule has 1 amide bonds. The second-order valence-electron chi connectivity index (χ2n) is 7.13. The van der Waals surface area contributed by atoms with Gasteiger partial charge < -0.3 is 9.84 Å². The standard InChI is InChI=1S/C22H21N3O4/c1-14-17-9-5-6-10-20(17)25(28)13-19(21(14)26)23-22(27)18-12-16(29-24-18)11-15-7-3-2-4-8-15/h2-10,12,14,19,28H,11,13H2,1H3,(H,23,27). The van der Waals surface area contributed by atoms with Crippen LogP contribution in [0, 0.1) is 0 Å². The van der Waals surface area contributed by atoms with Gasteiger partial charge in [0.1, 0.15) is 11.8 Å². The van der Waals surface area contributed by atoms with E-state index in [1.807, 2.05) is 36.4 Å². The summed E-state index contributed by atoms with van der Waals surface area (Å²) in [5, 5.41) is 17.9. The molecule has 148 valence electrons. The van der Waals surface area contributed by atoms with E-state index in [-0.39, 0.29) is 18.0 Å². The van der Waals surface area contributed by atoms with Gasteiger partial charge in [-0.25, -0.2) is 0 Å². The van der Waals surface area contributed by atoms with Crippen LogP contribution in [0.1, 0.15) is 40.2 Å². The molecule has 1 aliphatic heterocycles. The summed E-state index contributed by atoms with van der Waals surface area (Å²) >= 11 is 0. The van der Waals surface area contributed by atoms with E-state index < -0.39 is 17.9 Å². The maximum Gasteiger partial charge on any atom is 0.274 e. The molecule has 0 bridgehead atoms. The number of nitrogens with one attached hydrogen (secondary N) is 1. The molecule has 3 aromatic rings. The van der Waals surface area contributed by atoms with Crippen molar-refractivity contribution in [2.45, 2.75) is 25.3 Å². The molecule has 0 saturated carbocycles. The predicted molar refractivity (Wildman–Crippen MR) is 106 cm³/mol. The van der Waals surface area contributed by atoms with E-state index in [9.17, 15) is 14.8 Å². The van der Waals surface area contributed by atoms with Crippen molar-refractivity contribution in [1.82, 2.24) is 10.5 Å². The fourth-order valence-electron chi connectivity index (χ4n) is 3.55. The Kier molecular flexibility index (Phi) is 5.14. The first kappa shape index (κ1) is 18.9. The molecular formula is C22H21N3O4. The monoisotopic (exact) mass is 391 g/mol. The molecule has 2 aromatic carbocycles. The van der Waals surface area contributed by atoms with Gasteiger partial charge in [-0.1, -0.05) is 60.6 Å². The molecule has 2 heterocycles. The fourth-order valence-corrected chi connectivity index (χ4v) is 3.55. The lowest BCUT2D eigenvalue weighted by atomic mass is 9.93. The average molecular weight is 391 g/mol. The minimum atomic E-state index is -0.871. The first-order valence-corrected chi connectivity index (χ1v) is 9.42. The number of fused-ring (bicyclic) bond motifs is 1. The number of benzene rings is 2. The van der Waals surface area contributed by atoms with Crippen molar-refractivity contribution in [1.29, 1.82) is 0 Å². The van der Waals surface area contributed by atoms with Crippen LogP contribution in [-0.2, 0) is 11.2 Å². The van der Waals surface area contributed by atoms with E-state index in [1.165, 1.54) is 0 Å². The lowest BCUT2D eigenvalue weighted by molar-refractivity contribution is -0.121. The Bertz CT molecular complexity index is 1030. The summed E-state index contributed by atoms with van der Waals surface area (Å²) in [6.07, 6.45) is 0.514. The third-order valence-corrected chi connectivity index (χ3v) is 5.13. The van der Waals surface area contributed by atoms with E-state index >= 15 is 0 Å². The Morgan fingerprint density at radius 3 is 2.72 bits per heavy atom. The zero-order chi connectivity index (χ0) is 20.4. The average Bonchev–Trinajstić information content (AvgIpc) is 3.18. The smallest absolute Gasteiger partial charge is 0.274 e. The largest absolute Gasteiger partial charge is 0.360 e. The molecule has 4 rings (SSSR count). The lowest BCUT2D eigenvalue weighted by Crippen LogP contribution is -2.47. The third-order valence-electron chi connectivity index (χ3n) is 5.13. The number of anilines is 1. The van der Waals surface area contributed by atoms with Crippen molar-refractivity contribution in [2.24, 2.45) is 0 Å². The Hall–Kier alpha value is -3.45. The number of rotatable bonds is 4. The van der Waals surface area contributed by atoms with Crippen LogP contribution in [-0.4, -0.2) is 34.6 Å². The van der Waals surface area contributed by atoms with Crippen molar-refractivity contribution < 1.29 is 19.3 Å². The van der Waals surface area contributed by atoms with Crippen molar-refractivity contribution in [3.8, 4) is 0 Å². The van der Waals surface area contributed by atoms with Gasteiger partial charge >= 0.3 is 0 Å². The SMILES string of the molecule is CC1C(=O)C(NC(=O)c2cc(Cc3ccccc3)on2)CN(O)c2ccccc21. The maximum atomic E-state index is 12.9. The molecule has 7 heteroatoms. The minimum absolute atomic E-state index is 0.0410. The zero-order valence-corrected chi connectivity index (χ0v) is 15.9. The number of hydrogen-bond acceptors (Lipinski definition) is 6. The van der Waals surface area contributed by atoms with Gasteiger partial charge in [-0.05, 0) is 17.2 Å². The summed E-state index contributed by atoms with van der Waals surface area (Å²) in [6.45, 7) is 1.73. The van der Waals surface area contributed by atoms with Crippen molar-refractivity contribution in [3.05, 3.63) is 83.2 Å². The Morgan fingerprint density at radius 1 is 1.21 bits per heavy atom. The van der Waals surface area contributed by atoms with E-state index in [0.29, 0.717) is 17.9 Å². The number of carbonyl (C=O) groups excluding carboxylic acids is 2. The summed E-state index contributed by atoms with van der Waals surface area (Å²) in [5.74, 6) is -0.592. The highest BCUT2D eigenvalue weighted by Gasteiger charge is 2.34. The molecule has 2 unspecified atom stereocenters. The number of carbonyl (C=O) groups is 2. The molecule has 29 heavy (non-hydrogen) atoms. The molecule has 7 nitrogen and oxygen atoms in total. The summed E-state index contributed by atoms with van der Waals surface area (Å²) in [4.78, 5) is 25.5. The zero-order valence-electron chi connectivity index (χ0n) is 15.9. The van der Waals surface area contributed by atoms with Crippen molar-refractivity contribution >= 4 is 17.4 Å². The second kappa shape index (κ2) is 7.89. The van der Waals surface area contributed by atoms with Gasteiger partial charge in [0.2, 0.25) is 0 Å². The Morgan fingerprint density at radius 2 is 1.93 bits per heavy atom. The van der Waals surface area contributed by atoms with E-state index in [2.05, 4.69) is 10.5 Å². The first-order chi connectivity index (χ1) is 14.0. The van der Waals surface area contributed by atoms with Gasteiger partial charge in [-0.3, -0.25) is 19.9 Å². The van der Waals surface area contributed by atoms with Gasteiger partial charge in [0.25, 0.3) is 5.91 Å². The van der Waals surface area contributed by atoms with Crippen LogP contribution in [0.25, 0.3) is 0 Å². The Labute approximate surface area is 167 Å². The number of aromatic nitrogens is 1. The van der Waals surface area contributed by atoms with Crippen LogP contribution in [0.2, 0.25) is 0 Å². The molecule has 2 N–H and O–H groups in total. The summed E-state index contributed by atoms with van der Waals surface area (Å²) in [6, 6.07) is 17.6. The first-order valence-electron chi connectivity index (χ1n) is 9.42. The lowest BCUT2D eigenvalue weighted by Gasteiger charge is -2.20. The number of amides is 1. The van der Waals surface area contributed by atoms with Crippen LogP contribution in [0.3, 0.4) is 0 Å². The summed E-state index contributed by atoms with van der Waals surface area (Å²) in [7, 11) is 0. The fraction of sp³-hybridized carbons (Fsp3) is 0.227. The second-order valence-corrected chi connectivity index (χ2v) is 7.13. The number of nitrogens with zero attached hydrogens (tertiary/aromatic N) is 2. The highest BCUT2D eigenvalue weighted by Crippen LogP contribution is 2.31. The van der Waals surface area contributed by atoms with Crippen LogP contribution in [0.5, 0.6) is 0 Å². The highest BCUT2D eigenvalue weighted by atomic mass is 16.5. The molecule has 1 aromatic heterocycles. The molecule has 0 saturated heterocycles. The van der Waals surface area contributed by atoms with Gasteiger partial charge in [-0.15, -0.1) is 0 Å². The normalized spacial score (nSPS) is 18.8. The maximum absolute atomic E-state index is 12.9. The van der Waals surface area contributed by atoms with E-state index in [4.69, 9.17) is 4.52 Å². The molecule has 0 radical (unpaired) electrons. The number of para-hydroxylation sites is 1. The molecule has 0 fully saturated rings. The van der Waals surface area contributed by atoms with Crippen molar-refractivity contribution in [2.75, 3.05) is 11.6 Å². The van der Waals surface area contributed by atoms with Gasteiger partial charge in [0, 0.05) is 18.4 Å². The number of hydroxylamine groups is 1. The quantitative estimate of drug-likeness (QED) is 0.710. The van der Waals surface area contributed by atoms with Crippen molar-refractivity contribution in [3.63, 3.8) is 0 Å². The minimum Gasteiger partial charge on any atom is -0.360 e. The summed E-state index contributed by atoms with van der Waals surface area (Å²) in [5.41, 5.74) is 2.43. The van der Waals surface area contributed by atoms with Crippen LogP contribution in [0.4, 0.5) is 5.69 Å². The molecule has 2 atom stereocenters. The number of ketones is 1. The molecular weight excluding hydrogens is 370 g/mol. The van der Waals surface area contributed by atoms with Gasteiger partial charge in [-0.2, -0.15) is 0 Å². The van der Waals surface area contributed by atoms with E-state index in [0.717, 1.165) is 16.2 Å². The molecule has 0 aliphatic carbocycles. The van der Waals surface area contributed by atoms with Gasteiger partial charge in [0.15, 0.2) is 11.5 Å². The van der Waals surface area contributed by atoms with Gasteiger partial charge in [0.05, 0.1) is 12.2 Å². The van der Waals surface area contributed by atoms with Crippen LogP contribution < -0.4 is 10.4 Å². The predicted octanol–water partition coefficient (Wildman–Crippen LogP) is 2.95. The van der Waals surface area contributed by atoms with Crippen LogP contribution in [0.15, 0.2) is 65.2 Å².